The largest absolute Gasteiger partial charge is 0.459 e. The number of nitrogens with one attached hydrogen (secondary N) is 1. The van der Waals surface area contributed by atoms with Crippen LogP contribution in [-0.2, 0) is 10.0 Å². The van der Waals surface area contributed by atoms with Crippen LogP contribution < -0.4 is 5.32 Å². The summed E-state index contributed by atoms with van der Waals surface area (Å²) in [7, 11) is -3.78. The summed E-state index contributed by atoms with van der Waals surface area (Å²) in [5, 5.41) is 3.43. The third-order valence-electron chi connectivity index (χ3n) is 5.10. The molecule has 1 fully saturated rings. The monoisotopic (exact) mass is 433 g/mol. The van der Waals surface area contributed by atoms with Crippen molar-refractivity contribution in [3.63, 3.8) is 0 Å². The molecule has 0 unspecified atom stereocenters. The third-order valence-corrected chi connectivity index (χ3v) is 6.81. The highest BCUT2D eigenvalue weighted by Gasteiger charge is 2.35. The van der Waals surface area contributed by atoms with Crippen molar-refractivity contribution in [1.82, 2.24) is 10.2 Å². The molecule has 29 heavy (non-hydrogen) atoms. The van der Waals surface area contributed by atoms with E-state index in [1.165, 1.54) is 6.26 Å². The molecule has 152 valence electrons. The van der Waals surface area contributed by atoms with Crippen molar-refractivity contribution in [2.45, 2.75) is 25.8 Å². The van der Waals surface area contributed by atoms with Crippen LogP contribution in [0.4, 0.5) is 0 Å². The van der Waals surface area contributed by atoms with E-state index in [0.29, 0.717) is 47.9 Å². The van der Waals surface area contributed by atoms with Crippen LogP contribution in [0.1, 0.15) is 35.9 Å². The maximum atomic E-state index is 12.7. The number of halogens is 1. The SMILES string of the molecule is CC1=C(c2cccc(Cl)c2)S(=O)(=O)N=C1N1CCC(NC(=O)c2ccco2)CC1. The number of likely N-dealkylation sites (tertiary alicyclic amines) is 1. The summed E-state index contributed by atoms with van der Waals surface area (Å²) in [5.41, 5.74) is 1.15. The normalized spacial score (nSPS) is 19.4. The maximum absolute atomic E-state index is 12.7. The van der Waals surface area contributed by atoms with Crippen molar-refractivity contribution >= 4 is 38.3 Å². The van der Waals surface area contributed by atoms with Gasteiger partial charge in [0, 0.05) is 29.7 Å². The van der Waals surface area contributed by atoms with Crippen LogP contribution in [0, 0.1) is 0 Å². The number of sulfonamides is 1. The van der Waals surface area contributed by atoms with Crippen LogP contribution in [0.25, 0.3) is 4.91 Å². The van der Waals surface area contributed by atoms with E-state index in [9.17, 15) is 13.2 Å². The first-order chi connectivity index (χ1) is 13.8. The van der Waals surface area contributed by atoms with Gasteiger partial charge in [-0.15, -0.1) is 4.40 Å². The molecule has 1 N–H and O–H groups in total. The number of carbonyl (C=O) groups excluding carboxylic acids is 1. The number of amides is 1. The number of hydrogen-bond acceptors (Lipinski definition) is 5. The molecule has 0 atom stereocenters. The van der Waals surface area contributed by atoms with Gasteiger partial charge in [-0.3, -0.25) is 4.79 Å². The number of hydrogen-bond donors (Lipinski definition) is 1. The van der Waals surface area contributed by atoms with Crippen molar-refractivity contribution in [3.05, 3.63) is 64.6 Å². The number of piperidine rings is 1. The minimum Gasteiger partial charge on any atom is -0.459 e. The Morgan fingerprint density at radius 3 is 2.66 bits per heavy atom. The molecular weight excluding hydrogens is 414 g/mol. The number of benzene rings is 1. The van der Waals surface area contributed by atoms with Crippen LogP contribution in [0.2, 0.25) is 5.02 Å². The van der Waals surface area contributed by atoms with Crippen molar-refractivity contribution in [1.29, 1.82) is 0 Å². The highest BCUT2D eigenvalue weighted by molar-refractivity contribution is 8.00. The lowest BCUT2D eigenvalue weighted by molar-refractivity contribution is 0.0894. The molecule has 2 aliphatic heterocycles. The van der Waals surface area contributed by atoms with Gasteiger partial charge in [0.25, 0.3) is 15.9 Å². The fourth-order valence-electron chi connectivity index (χ4n) is 3.71. The van der Waals surface area contributed by atoms with Crippen molar-refractivity contribution < 1.29 is 17.6 Å². The highest BCUT2D eigenvalue weighted by atomic mass is 35.5. The number of carbonyl (C=O) groups is 1. The predicted octanol–water partition coefficient (Wildman–Crippen LogP) is 3.30. The second-order valence-corrected chi connectivity index (χ2v) is 9.04. The average molecular weight is 434 g/mol. The Morgan fingerprint density at radius 2 is 2.00 bits per heavy atom. The molecular formula is C20H20ClN3O4S. The number of rotatable bonds is 3. The van der Waals surface area contributed by atoms with Crippen molar-refractivity contribution in [2.75, 3.05) is 13.1 Å². The quantitative estimate of drug-likeness (QED) is 0.801. The zero-order chi connectivity index (χ0) is 20.6. The highest BCUT2D eigenvalue weighted by Crippen LogP contribution is 2.35. The molecule has 1 aromatic heterocycles. The van der Waals surface area contributed by atoms with E-state index < -0.39 is 10.0 Å². The molecule has 0 bridgehead atoms. The van der Waals surface area contributed by atoms with Crippen LogP contribution in [0.3, 0.4) is 0 Å². The summed E-state index contributed by atoms with van der Waals surface area (Å²) < 4.78 is 34.5. The molecule has 0 spiro atoms. The number of amidine groups is 1. The molecule has 1 amide bonds. The molecule has 2 aromatic rings. The average Bonchev–Trinajstić information content (AvgIpc) is 3.29. The lowest BCUT2D eigenvalue weighted by atomic mass is 10.0. The Labute approximate surface area is 174 Å². The van der Waals surface area contributed by atoms with Gasteiger partial charge in [-0.05, 0) is 49.6 Å². The Morgan fingerprint density at radius 1 is 1.24 bits per heavy atom. The molecule has 0 saturated carbocycles. The summed E-state index contributed by atoms with van der Waals surface area (Å²) in [6.45, 7) is 2.96. The lowest BCUT2D eigenvalue weighted by Gasteiger charge is -2.33. The fraction of sp³-hybridized carbons (Fsp3) is 0.300. The van der Waals surface area contributed by atoms with Gasteiger partial charge in [0.15, 0.2) is 5.76 Å². The van der Waals surface area contributed by atoms with Gasteiger partial charge in [-0.2, -0.15) is 8.42 Å². The zero-order valence-electron chi connectivity index (χ0n) is 15.8. The van der Waals surface area contributed by atoms with E-state index in [-0.39, 0.29) is 22.6 Å². The zero-order valence-corrected chi connectivity index (χ0v) is 17.3. The summed E-state index contributed by atoms with van der Waals surface area (Å²) in [4.78, 5) is 14.3. The van der Waals surface area contributed by atoms with E-state index in [0.717, 1.165) is 0 Å². The Hall–Kier alpha value is -2.58. The second-order valence-electron chi connectivity index (χ2n) is 7.07. The number of furan rings is 1. The molecule has 0 radical (unpaired) electrons. The Kier molecular flexibility index (Phi) is 5.23. The summed E-state index contributed by atoms with van der Waals surface area (Å²) in [6, 6.07) is 10.1. The Balaban J connectivity index is 1.48. The third kappa shape index (κ3) is 3.95. The molecule has 1 saturated heterocycles. The standard InChI is InChI=1S/C20H20ClN3O4S/c1-13-18(14-4-2-5-15(21)12-14)29(26,27)23-19(13)24-9-7-16(8-10-24)22-20(25)17-6-3-11-28-17/h2-6,11-12,16H,7-10H2,1H3,(H,22,25). The van der Waals surface area contributed by atoms with E-state index in [4.69, 9.17) is 16.0 Å². The topological polar surface area (TPSA) is 92.0 Å². The summed E-state index contributed by atoms with van der Waals surface area (Å²) in [6.07, 6.45) is 2.83. The van der Waals surface area contributed by atoms with Crippen LogP contribution in [0.15, 0.2) is 57.0 Å². The molecule has 0 aliphatic carbocycles. The Bertz CT molecular complexity index is 1100. The molecule has 2 aliphatic rings. The van der Waals surface area contributed by atoms with Crippen LogP contribution >= 0.6 is 11.6 Å². The first-order valence-corrected chi connectivity index (χ1v) is 11.1. The van der Waals surface area contributed by atoms with Crippen molar-refractivity contribution in [3.8, 4) is 0 Å². The summed E-state index contributed by atoms with van der Waals surface area (Å²) in [5.74, 6) is 0.507. The smallest absolute Gasteiger partial charge is 0.287 e. The van der Waals surface area contributed by atoms with E-state index in [2.05, 4.69) is 9.71 Å². The first-order valence-electron chi connectivity index (χ1n) is 9.26. The van der Waals surface area contributed by atoms with Gasteiger partial charge in [0.2, 0.25) is 0 Å². The lowest BCUT2D eigenvalue weighted by Crippen LogP contribution is -2.46. The molecule has 4 rings (SSSR count). The molecule has 1 aromatic carbocycles. The van der Waals surface area contributed by atoms with Gasteiger partial charge in [-0.25, -0.2) is 0 Å². The molecule has 7 nitrogen and oxygen atoms in total. The summed E-state index contributed by atoms with van der Waals surface area (Å²) >= 11 is 6.04. The number of nitrogens with zero attached hydrogens (tertiary/aromatic N) is 2. The van der Waals surface area contributed by atoms with Crippen LogP contribution in [-0.4, -0.2) is 44.2 Å². The van der Waals surface area contributed by atoms with Gasteiger partial charge in [0.05, 0.1) is 6.26 Å². The first kappa shape index (κ1) is 19.7. The second kappa shape index (κ2) is 7.68. The van der Waals surface area contributed by atoms with E-state index >= 15 is 0 Å². The van der Waals surface area contributed by atoms with E-state index in [1.807, 2.05) is 4.90 Å². The maximum Gasteiger partial charge on any atom is 0.287 e. The van der Waals surface area contributed by atoms with Gasteiger partial charge in [0.1, 0.15) is 10.7 Å². The van der Waals surface area contributed by atoms with Gasteiger partial charge in [-0.1, -0.05) is 23.7 Å². The predicted molar refractivity (Wildman–Crippen MR) is 111 cm³/mol. The van der Waals surface area contributed by atoms with Crippen LogP contribution in [0.5, 0.6) is 0 Å². The molecule has 9 heteroatoms. The molecule has 3 heterocycles. The van der Waals surface area contributed by atoms with Gasteiger partial charge < -0.3 is 14.6 Å². The van der Waals surface area contributed by atoms with Crippen molar-refractivity contribution in [2.24, 2.45) is 4.40 Å². The minimum atomic E-state index is -3.78. The van der Waals surface area contributed by atoms with Gasteiger partial charge >= 0.3 is 0 Å². The minimum absolute atomic E-state index is 0.000790. The fourth-order valence-corrected chi connectivity index (χ4v) is 5.38. The van der Waals surface area contributed by atoms with E-state index in [1.54, 1.807) is 43.3 Å².